The maximum absolute atomic E-state index is 10.1. The van der Waals surface area contributed by atoms with E-state index in [1.165, 1.54) is 19.3 Å². The Morgan fingerprint density at radius 2 is 1.21 bits per heavy atom. The highest BCUT2D eigenvalue weighted by Gasteiger charge is 2.30. The third-order valence-electron chi connectivity index (χ3n) is 3.48. The van der Waals surface area contributed by atoms with Gasteiger partial charge in [-0.1, -0.05) is 19.3 Å². The second-order valence-corrected chi connectivity index (χ2v) is 5.26. The summed E-state index contributed by atoms with van der Waals surface area (Å²) in [5, 5.41) is 32.7. The van der Waals surface area contributed by atoms with E-state index in [0.29, 0.717) is 0 Å². The quantitative estimate of drug-likeness (QED) is 0.364. The Balaban J connectivity index is 0.000000343. The van der Waals surface area contributed by atoms with E-state index in [0.717, 1.165) is 12.8 Å². The average Bonchev–Trinajstić information content (AvgIpc) is 2.59. The van der Waals surface area contributed by atoms with Crippen LogP contribution in [-0.4, -0.2) is 70.7 Å². The molecule has 0 amide bonds. The first-order valence-corrected chi connectivity index (χ1v) is 7.30. The highest BCUT2D eigenvalue weighted by Crippen LogP contribution is 2.34. The van der Waals surface area contributed by atoms with Gasteiger partial charge in [0.1, 0.15) is 13.2 Å². The predicted molar refractivity (Wildman–Crippen MR) is 76.9 cm³/mol. The maximum Gasteiger partial charge on any atom is 0.417 e. The van der Waals surface area contributed by atoms with Crippen LogP contribution < -0.4 is 0 Å². The average molecular weight is 350 g/mol. The molecule has 0 aromatic heterocycles. The van der Waals surface area contributed by atoms with E-state index < -0.39 is 23.9 Å². The molecular weight excluding hydrogens is 328 g/mol. The number of aliphatic carboxylic acids is 2. The molecule has 0 aromatic carbocycles. The lowest BCUT2D eigenvalue weighted by atomic mass is 9.75. The van der Waals surface area contributed by atoms with Gasteiger partial charge in [-0.05, 0) is 12.8 Å². The van der Waals surface area contributed by atoms with Gasteiger partial charge in [-0.3, -0.25) is 0 Å². The lowest BCUT2D eigenvalue weighted by molar-refractivity contribution is -0.177. The highest BCUT2D eigenvalue weighted by molar-refractivity contribution is 6.30. The first-order valence-electron chi connectivity index (χ1n) is 7.30. The molecule has 0 radical (unpaired) electrons. The van der Waals surface area contributed by atoms with Gasteiger partial charge in [0.25, 0.3) is 0 Å². The van der Waals surface area contributed by atoms with Gasteiger partial charge >= 0.3 is 23.9 Å². The van der Waals surface area contributed by atoms with Gasteiger partial charge in [0.05, 0.1) is 13.2 Å². The van der Waals surface area contributed by atoms with Gasteiger partial charge in [0, 0.05) is 5.41 Å². The van der Waals surface area contributed by atoms with Crippen molar-refractivity contribution < 1.29 is 49.1 Å². The summed E-state index contributed by atoms with van der Waals surface area (Å²) in [5.74, 6) is -5.43. The Morgan fingerprint density at radius 1 is 0.833 bits per heavy atom. The van der Waals surface area contributed by atoms with Crippen molar-refractivity contribution >= 4 is 23.9 Å². The van der Waals surface area contributed by atoms with Crippen LogP contribution in [-0.2, 0) is 28.7 Å². The number of cyclic esters (lactones) is 2. The van der Waals surface area contributed by atoms with Crippen LogP contribution in [0.4, 0.5) is 0 Å². The van der Waals surface area contributed by atoms with Crippen molar-refractivity contribution in [3.8, 4) is 0 Å². The number of carboxylic acids is 2. The fourth-order valence-corrected chi connectivity index (χ4v) is 2.05. The summed E-state index contributed by atoms with van der Waals surface area (Å²) in [4.78, 5) is 38.4. The molecule has 1 aliphatic carbocycles. The first kappa shape index (κ1) is 21.8. The summed E-state index contributed by atoms with van der Waals surface area (Å²) < 4.78 is 8.55. The molecule has 4 N–H and O–H groups in total. The molecule has 1 saturated heterocycles. The van der Waals surface area contributed by atoms with Crippen LogP contribution in [0, 0.1) is 5.41 Å². The molecule has 10 nitrogen and oxygen atoms in total. The van der Waals surface area contributed by atoms with Crippen LogP contribution in [0.25, 0.3) is 0 Å². The van der Waals surface area contributed by atoms with Crippen LogP contribution >= 0.6 is 0 Å². The van der Waals surface area contributed by atoms with Crippen LogP contribution in [0.5, 0.6) is 0 Å². The van der Waals surface area contributed by atoms with Gasteiger partial charge in [0.15, 0.2) is 0 Å². The summed E-state index contributed by atoms with van der Waals surface area (Å²) in [6.07, 6.45) is 5.60. The minimum absolute atomic E-state index is 0.127. The SMILES string of the molecule is O=C(O)C(=O)O.O=C1OCCOC1=O.OCC1(CO)CCCCC1. The van der Waals surface area contributed by atoms with Crippen LogP contribution in [0.3, 0.4) is 0 Å². The molecule has 1 saturated carbocycles. The molecular formula is C14H22O10. The van der Waals surface area contributed by atoms with E-state index in [2.05, 4.69) is 9.47 Å². The van der Waals surface area contributed by atoms with Gasteiger partial charge in [-0.25, -0.2) is 19.2 Å². The third kappa shape index (κ3) is 8.44. The third-order valence-corrected chi connectivity index (χ3v) is 3.48. The molecule has 1 heterocycles. The molecule has 138 valence electrons. The minimum Gasteiger partial charge on any atom is -0.473 e. The molecule has 1 aliphatic heterocycles. The van der Waals surface area contributed by atoms with E-state index in [1.54, 1.807) is 0 Å². The second-order valence-electron chi connectivity index (χ2n) is 5.26. The summed E-state index contributed by atoms with van der Waals surface area (Å²) in [7, 11) is 0. The summed E-state index contributed by atoms with van der Waals surface area (Å²) >= 11 is 0. The zero-order valence-electron chi connectivity index (χ0n) is 13.1. The lowest BCUT2D eigenvalue weighted by Gasteiger charge is -2.33. The molecule has 2 rings (SSSR count). The predicted octanol–water partition coefficient (Wildman–Crippen LogP) is -0.836. The van der Waals surface area contributed by atoms with Crippen molar-refractivity contribution in [1.29, 1.82) is 0 Å². The normalized spacial score (nSPS) is 18.6. The van der Waals surface area contributed by atoms with Crippen molar-refractivity contribution in [2.24, 2.45) is 5.41 Å². The van der Waals surface area contributed by atoms with E-state index in [-0.39, 0.29) is 31.8 Å². The second kappa shape index (κ2) is 11.4. The van der Waals surface area contributed by atoms with Gasteiger partial charge in [-0.2, -0.15) is 0 Å². The Bertz CT molecular complexity index is 405. The number of ether oxygens (including phenoxy) is 2. The molecule has 2 aliphatic rings. The Labute approximate surface area is 138 Å². The number of carbonyl (C=O) groups is 4. The van der Waals surface area contributed by atoms with Gasteiger partial charge in [0.2, 0.25) is 0 Å². The topological polar surface area (TPSA) is 168 Å². The summed E-state index contributed by atoms with van der Waals surface area (Å²) in [5.41, 5.74) is -0.127. The van der Waals surface area contributed by atoms with Crippen LogP contribution in [0.15, 0.2) is 0 Å². The van der Waals surface area contributed by atoms with Crippen molar-refractivity contribution in [3.05, 3.63) is 0 Å². The number of aliphatic hydroxyl groups excluding tert-OH is 2. The summed E-state index contributed by atoms with van der Waals surface area (Å²) in [6.45, 7) is 0.683. The number of hydrogen-bond donors (Lipinski definition) is 4. The molecule has 0 unspecified atom stereocenters. The monoisotopic (exact) mass is 350 g/mol. The van der Waals surface area contributed by atoms with Crippen LogP contribution in [0.2, 0.25) is 0 Å². The number of aliphatic hydroxyl groups is 2. The Hall–Kier alpha value is -2.20. The summed E-state index contributed by atoms with van der Waals surface area (Å²) in [6, 6.07) is 0. The van der Waals surface area contributed by atoms with Crippen molar-refractivity contribution in [2.75, 3.05) is 26.4 Å². The van der Waals surface area contributed by atoms with Crippen molar-refractivity contribution in [3.63, 3.8) is 0 Å². The molecule has 2 fully saturated rings. The van der Waals surface area contributed by atoms with E-state index in [9.17, 15) is 9.59 Å². The van der Waals surface area contributed by atoms with Gasteiger partial charge < -0.3 is 29.9 Å². The Kier molecular flexibility index (Phi) is 10.3. The number of rotatable bonds is 2. The van der Waals surface area contributed by atoms with E-state index >= 15 is 0 Å². The molecule has 0 bridgehead atoms. The van der Waals surface area contributed by atoms with E-state index in [1.807, 2.05) is 0 Å². The maximum atomic E-state index is 10.1. The largest absolute Gasteiger partial charge is 0.473 e. The smallest absolute Gasteiger partial charge is 0.417 e. The fraction of sp³-hybridized carbons (Fsp3) is 0.714. The number of hydrogen-bond acceptors (Lipinski definition) is 8. The number of carboxylic acid groups (broad SMARTS) is 2. The van der Waals surface area contributed by atoms with Crippen molar-refractivity contribution in [2.45, 2.75) is 32.1 Å². The number of carbonyl (C=O) groups excluding carboxylic acids is 2. The standard InChI is InChI=1S/C8H16O2.C4H4O4.C2H2O4/c9-6-8(7-10)4-2-1-3-5-8;5-3-4(6)8-2-1-7-3;3-1(4)2(5)6/h9-10H,1-7H2;1-2H2;(H,3,4)(H,5,6). The van der Waals surface area contributed by atoms with Gasteiger partial charge in [-0.15, -0.1) is 0 Å². The van der Waals surface area contributed by atoms with Crippen molar-refractivity contribution in [1.82, 2.24) is 0 Å². The zero-order valence-corrected chi connectivity index (χ0v) is 13.1. The highest BCUT2D eigenvalue weighted by atomic mass is 16.6. The Morgan fingerprint density at radius 3 is 1.42 bits per heavy atom. The molecule has 0 aromatic rings. The number of esters is 2. The molecule has 0 atom stereocenters. The first-order chi connectivity index (χ1) is 11.3. The van der Waals surface area contributed by atoms with E-state index in [4.69, 9.17) is 30.0 Å². The zero-order chi connectivity index (χ0) is 18.6. The molecule has 0 spiro atoms. The molecule has 24 heavy (non-hydrogen) atoms. The fourth-order valence-electron chi connectivity index (χ4n) is 2.05. The molecule has 10 heteroatoms. The minimum atomic E-state index is -1.82. The van der Waals surface area contributed by atoms with Crippen LogP contribution in [0.1, 0.15) is 32.1 Å². The lowest BCUT2D eigenvalue weighted by Crippen LogP contribution is -2.31.